The number of nitriles is 1. The van der Waals surface area contributed by atoms with Gasteiger partial charge < -0.3 is 15.2 Å². The molecule has 0 atom stereocenters. The highest BCUT2D eigenvalue weighted by Crippen LogP contribution is 2.45. The molecular formula is C35H35F3N8O. The standard InChI is InChI=1S/C35H35F3N8O/c1-45-20-42-44-33(45)26-9-8-24(23-6-7-23)14-27(26)25-15-31(41-11-3-2-10-39)43-32(16-25)46-19-29-28(34(46)47)12-22(13-30(29)35(36,37)38)18-40-17-21-4-5-21/h8-9,12-16,20-21,23,40H,2-7,11,17-19H2,1H3,(H,41,43). The molecule has 12 heteroatoms. The van der Waals surface area contributed by atoms with Crippen LogP contribution in [0, 0.1) is 17.2 Å². The topological polar surface area (TPSA) is 112 Å². The summed E-state index contributed by atoms with van der Waals surface area (Å²) in [7, 11) is 1.86. The highest BCUT2D eigenvalue weighted by molar-refractivity contribution is 6.10. The second-order valence-corrected chi connectivity index (χ2v) is 12.8. The minimum atomic E-state index is -4.62. The van der Waals surface area contributed by atoms with E-state index in [2.05, 4.69) is 39.0 Å². The van der Waals surface area contributed by atoms with Crippen molar-refractivity contribution in [2.75, 3.05) is 23.3 Å². The van der Waals surface area contributed by atoms with Gasteiger partial charge in [-0.25, -0.2) is 4.98 Å². The number of hydrogen-bond acceptors (Lipinski definition) is 7. The molecule has 0 radical (unpaired) electrons. The molecule has 2 aromatic carbocycles. The fraction of sp³-hybridized carbons (Fsp3) is 0.400. The summed E-state index contributed by atoms with van der Waals surface area (Å²) in [6.45, 7) is 1.22. The number of fused-ring (bicyclic) bond motifs is 1. The summed E-state index contributed by atoms with van der Waals surface area (Å²) < 4.78 is 45.0. The number of aryl methyl sites for hydroxylation is 1. The van der Waals surface area contributed by atoms with E-state index < -0.39 is 17.6 Å². The Morgan fingerprint density at radius 1 is 1.04 bits per heavy atom. The molecule has 0 unspecified atom stereocenters. The van der Waals surface area contributed by atoms with E-state index in [1.165, 1.54) is 10.5 Å². The molecule has 7 rings (SSSR count). The van der Waals surface area contributed by atoms with E-state index in [4.69, 9.17) is 10.2 Å². The summed E-state index contributed by atoms with van der Waals surface area (Å²) in [6, 6.07) is 14.8. The van der Waals surface area contributed by atoms with Crippen LogP contribution in [0.3, 0.4) is 0 Å². The molecule has 4 aromatic rings. The number of nitrogens with one attached hydrogen (secondary N) is 2. The van der Waals surface area contributed by atoms with Gasteiger partial charge in [0.2, 0.25) is 0 Å². The molecule has 0 saturated heterocycles. The van der Waals surface area contributed by atoms with Gasteiger partial charge >= 0.3 is 6.18 Å². The van der Waals surface area contributed by atoms with Crippen LogP contribution in [0.4, 0.5) is 24.8 Å². The third-order valence-corrected chi connectivity index (χ3v) is 9.08. The minimum absolute atomic E-state index is 0.0420. The van der Waals surface area contributed by atoms with Crippen LogP contribution in [0.5, 0.6) is 0 Å². The zero-order valence-electron chi connectivity index (χ0n) is 26.1. The lowest BCUT2D eigenvalue weighted by Gasteiger charge is -2.19. The molecule has 2 aliphatic carbocycles. The van der Waals surface area contributed by atoms with Crippen molar-refractivity contribution in [3.63, 3.8) is 0 Å². The quantitative estimate of drug-likeness (QED) is 0.164. The SMILES string of the molecule is Cn1cnnc1-c1ccc(C2CC2)cc1-c1cc(NCCCC#N)nc(N2Cc3c(cc(CNCC4CC4)cc3C(F)(F)F)C2=O)c1. The number of pyridine rings is 1. The number of aromatic nitrogens is 4. The molecule has 47 heavy (non-hydrogen) atoms. The Balaban J connectivity index is 1.29. The number of halogens is 3. The number of alkyl halides is 3. The maximum atomic E-state index is 14.4. The number of unbranched alkanes of at least 4 members (excludes halogenated alkanes) is 1. The van der Waals surface area contributed by atoms with Gasteiger partial charge in [-0.05, 0) is 103 Å². The second kappa shape index (κ2) is 12.4. The highest BCUT2D eigenvalue weighted by atomic mass is 19.4. The molecule has 1 amide bonds. The van der Waals surface area contributed by atoms with Crippen molar-refractivity contribution in [3.8, 4) is 28.6 Å². The number of anilines is 2. The predicted octanol–water partition coefficient (Wildman–Crippen LogP) is 6.82. The third-order valence-electron chi connectivity index (χ3n) is 9.08. The van der Waals surface area contributed by atoms with Gasteiger partial charge in [0.25, 0.3) is 5.91 Å². The molecule has 0 bridgehead atoms. The summed E-state index contributed by atoms with van der Waals surface area (Å²) in [6.07, 6.45) is 2.42. The molecule has 1 aliphatic heterocycles. The lowest BCUT2D eigenvalue weighted by atomic mass is 9.95. The Morgan fingerprint density at radius 3 is 2.57 bits per heavy atom. The molecule has 2 fully saturated rings. The first-order valence-corrected chi connectivity index (χ1v) is 16.1. The summed E-state index contributed by atoms with van der Waals surface area (Å²) >= 11 is 0. The van der Waals surface area contributed by atoms with Gasteiger partial charge in [0.1, 0.15) is 18.0 Å². The van der Waals surface area contributed by atoms with E-state index in [-0.39, 0.29) is 30.0 Å². The van der Waals surface area contributed by atoms with Gasteiger partial charge in [-0.3, -0.25) is 9.69 Å². The third kappa shape index (κ3) is 6.58. The van der Waals surface area contributed by atoms with E-state index >= 15 is 0 Å². The lowest BCUT2D eigenvalue weighted by Crippen LogP contribution is -2.24. The zero-order valence-corrected chi connectivity index (χ0v) is 26.1. The van der Waals surface area contributed by atoms with Gasteiger partial charge in [0.15, 0.2) is 5.82 Å². The Labute approximate surface area is 270 Å². The van der Waals surface area contributed by atoms with Crippen molar-refractivity contribution >= 4 is 17.5 Å². The van der Waals surface area contributed by atoms with Crippen LogP contribution in [0.15, 0.2) is 48.8 Å². The van der Waals surface area contributed by atoms with Crippen LogP contribution < -0.4 is 15.5 Å². The van der Waals surface area contributed by atoms with Crippen molar-refractivity contribution < 1.29 is 18.0 Å². The number of nitrogens with zero attached hydrogens (tertiary/aromatic N) is 6. The minimum Gasteiger partial charge on any atom is -0.370 e. The molecule has 9 nitrogen and oxygen atoms in total. The van der Waals surface area contributed by atoms with Crippen LogP contribution in [-0.4, -0.2) is 38.7 Å². The maximum absolute atomic E-state index is 14.4. The van der Waals surface area contributed by atoms with Crippen LogP contribution in [-0.2, 0) is 26.3 Å². The average Bonchev–Trinajstić information content (AvgIpc) is 3.99. The first-order valence-electron chi connectivity index (χ1n) is 16.1. The van der Waals surface area contributed by atoms with Crippen LogP contribution in [0.25, 0.3) is 22.5 Å². The fourth-order valence-electron chi connectivity index (χ4n) is 6.23. The maximum Gasteiger partial charge on any atom is 0.416 e. The molecule has 0 spiro atoms. The van der Waals surface area contributed by atoms with Crippen molar-refractivity contribution in [1.29, 1.82) is 5.26 Å². The van der Waals surface area contributed by atoms with Gasteiger partial charge in [-0.2, -0.15) is 18.4 Å². The summed E-state index contributed by atoms with van der Waals surface area (Å²) in [4.78, 5) is 20.0. The predicted molar refractivity (Wildman–Crippen MR) is 171 cm³/mol. The first-order chi connectivity index (χ1) is 22.7. The van der Waals surface area contributed by atoms with E-state index in [1.807, 2.05) is 23.7 Å². The molecule has 3 heterocycles. The molecule has 3 aliphatic rings. The van der Waals surface area contributed by atoms with Crippen molar-refractivity contribution in [3.05, 3.63) is 76.6 Å². The van der Waals surface area contributed by atoms with Crippen LogP contribution in [0.1, 0.15) is 77.1 Å². The van der Waals surface area contributed by atoms with Gasteiger partial charge in [-0.15, -0.1) is 10.2 Å². The Bertz CT molecular complexity index is 1870. The molecule has 2 aromatic heterocycles. The smallest absolute Gasteiger partial charge is 0.370 e. The molecule has 242 valence electrons. The second-order valence-electron chi connectivity index (χ2n) is 12.8. The number of carbonyl (C=O) groups is 1. The highest BCUT2D eigenvalue weighted by Gasteiger charge is 2.41. The fourth-order valence-corrected chi connectivity index (χ4v) is 6.23. The van der Waals surface area contributed by atoms with Crippen molar-refractivity contribution in [2.24, 2.45) is 13.0 Å². The normalized spacial score (nSPS) is 16.0. The van der Waals surface area contributed by atoms with E-state index in [9.17, 15) is 18.0 Å². The van der Waals surface area contributed by atoms with Crippen LogP contribution >= 0.6 is 0 Å². The number of carbonyl (C=O) groups excluding carboxylic acids is 1. The largest absolute Gasteiger partial charge is 0.416 e. The van der Waals surface area contributed by atoms with E-state index in [1.54, 1.807) is 18.5 Å². The van der Waals surface area contributed by atoms with Crippen LogP contribution in [0.2, 0.25) is 0 Å². The van der Waals surface area contributed by atoms with E-state index in [0.717, 1.165) is 55.0 Å². The van der Waals surface area contributed by atoms with Gasteiger partial charge in [-0.1, -0.05) is 18.2 Å². The number of benzene rings is 2. The van der Waals surface area contributed by atoms with E-state index in [0.29, 0.717) is 48.4 Å². The average molecular weight is 641 g/mol. The Morgan fingerprint density at radius 2 is 1.87 bits per heavy atom. The zero-order chi connectivity index (χ0) is 32.7. The summed E-state index contributed by atoms with van der Waals surface area (Å²) in [5.74, 6) is 1.88. The van der Waals surface area contributed by atoms with Gasteiger partial charge in [0.05, 0.1) is 18.2 Å². The Hall–Kier alpha value is -4.76. The first kappa shape index (κ1) is 30.9. The molecule has 2 N–H and O–H groups in total. The lowest BCUT2D eigenvalue weighted by molar-refractivity contribution is -0.138. The number of hydrogen-bond donors (Lipinski definition) is 2. The summed E-state index contributed by atoms with van der Waals surface area (Å²) in [5.41, 5.74) is 3.27. The molecule has 2 saturated carbocycles. The van der Waals surface area contributed by atoms with Crippen molar-refractivity contribution in [2.45, 2.75) is 63.7 Å². The Kier molecular flexibility index (Phi) is 8.18. The van der Waals surface area contributed by atoms with Crippen molar-refractivity contribution in [1.82, 2.24) is 25.1 Å². The van der Waals surface area contributed by atoms with Gasteiger partial charge in [0, 0.05) is 37.7 Å². The summed E-state index contributed by atoms with van der Waals surface area (Å²) in [5, 5.41) is 23.9. The molecular weight excluding hydrogens is 605 g/mol. The number of rotatable bonds is 12. The monoisotopic (exact) mass is 640 g/mol. The number of amides is 1.